The molecular formula is C19H21NO3. The first kappa shape index (κ1) is 15.5. The van der Waals surface area contributed by atoms with E-state index in [1.807, 2.05) is 12.1 Å². The molecule has 0 aliphatic heterocycles. The molecule has 0 atom stereocenters. The van der Waals surface area contributed by atoms with Gasteiger partial charge in [-0.25, -0.2) is 9.36 Å². The lowest BCUT2D eigenvalue weighted by Crippen LogP contribution is -2.27. The molecule has 0 amide bonds. The Kier molecular flexibility index (Phi) is 4.33. The van der Waals surface area contributed by atoms with Gasteiger partial charge in [0.25, 0.3) is 5.56 Å². The van der Waals surface area contributed by atoms with Crippen LogP contribution in [0.3, 0.4) is 0 Å². The van der Waals surface area contributed by atoms with E-state index in [9.17, 15) is 9.59 Å². The number of aromatic nitrogens is 1. The third-order valence-corrected chi connectivity index (χ3v) is 4.84. The standard InChI is InChI=1S/C19H21NO3/c1-13-17(11-12-20(18(13)21)19(22)23)16-9-7-15(8-10-16)14-5-3-2-4-6-14/h7-12,14H,2-6H2,1H3,(H,22,23). The van der Waals surface area contributed by atoms with Gasteiger partial charge in [0, 0.05) is 11.8 Å². The Hall–Kier alpha value is -2.36. The number of benzene rings is 1. The SMILES string of the molecule is Cc1c(-c2ccc(C3CCCCC3)cc2)ccn(C(=O)O)c1=O. The van der Waals surface area contributed by atoms with Crippen LogP contribution in [0.2, 0.25) is 0 Å². The third kappa shape index (κ3) is 3.07. The Balaban J connectivity index is 1.92. The van der Waals surface area contributed by atoms with Gasteiger partial charge in [-0.1, -0.05) is 43.5 Å². The molecular weight excluding hydrogens is 290 g/mol. The van der Waals surface area contributed by atoms with E-state index in [1.165, 1.54) is 43.9 Å². The van der Waals surface area contributed by atoms with Gasteiger partial charge >= 0.3 is 6.09 Å². The first-order valence-electron chi connectivity index (χ1n) is 8.14. The molecule has 3 rings (SSSR count). The van der Waals surface area contributed by atoms with Crippen LogP contribution >= 0.6 is 0 Å². The van der Waals surface area contributed by atoms with Gasteiger partial charge in [0.05, 0.1) is 0 Å². The van der Waals surface area contributed by atoms with Crippen LogP contribution in [0.5, 0.6) is 0 Å². The van der Waals surface area contributed by atoms with Crippen molar-refractivity contribution in [2.45, 2.75) is 44.9 Å². The smallest absolute Gasteiger partial charge is 0.418 e. The summed E-state index contributed by atoms with van der Waals surface area (Å²) in [5.41, 5.74) is 3.09. The van der Waals surface area contributed by atoms with Crippen molar-refractivity contribution in [1.82, 2.24) is 4.57 Å². The van der Waals surface area contributed by atoms with E-state index in [0.29, 0.717) is 11.5 Å². The van der Waals surface area contributed by atoms with Crippen molar-refractivity contribution in [3.05, 3.63) is 58.0 Å². The fourth-order valence-electron chi connectivity index (χ4n) is 3.47. The quantitative estimate of drug-likeness (QED) is 0.894. The lowest BCUT2D eigenvalue weighted by molar-refractivity contribution is 0.195. The highest BCUT2D eigenvalue weighted by atomic mass is 16.4. The molecule has 1 aromatic heterocycles. The average Bonchev–Trinajstić information content (AvgIpc) is 2.58. The molecule has 1 heterocycles. The van der Waals surface area contributed by atoms with Crippen LogP contribution in [-0.4, -0.2) is 15.8 Å². The Morgan fingerprint density at radius 1 is 1.09 bits per heavy atom. The Morgan fingerprint density at radius 3 is 2.35 bits per heavy atom. The fraction of sp³-hybridized carbons (Fsp3) is 0.368. The van der Waals surface area contributed by atoms with Gasteiger partial charge < -0.3 is 5.11 Å². The second-order valence-corrected chi connectivity index (χ2v) is 6.27. The van der Waals surface area contributed by atoms with Crippen LogP contribution < -0.4 is 5.56 Å². The number of pyridine rings is 1. The molecule has 0 spiro atoms. The molecule has 0 bridgehead atoms. The molecule has 0 saturated heterocycles. The number of rotatable bonds is 2. The van der Waals surface area contributed by atoms with Crippen LogP contribution in [0.25, 0.3) is 11.1 Å². The lowest BCUT2D eigenvalue weighted by Gasteiger charge is -2.22. The summed E-state index contributed by atoms with van der Waals surface area (Å²) in [6.07, 6.45) is 6.53. The maximum absolute atomic E-state index is 12.1. The van der Waals surface area contributed by atoms with E-state index in [4.69, 9.17) is 5.11 Å². The number of hydrogen-bond donors (Lipinski definition) is 1. The van der Waals surface area contributed by atoms with Gasteiger partial charge in [-0.15, -0.1) is 0 Å². The van der Waals surface area contributed by atoms with Gasteiger partial charge in [0.1, 0.15) is 0 Å². The van der Waals surface area contributed by atoms with Gasteiger partial charge in [-0.3, -0.25) is 4.79 Å². The number of nitrogens with zero attached hydrogens (tertiary/aromatic N) is 1. The van der Waals surface area contributed by atoms with Crippen LogP contribution in [0, 0.1) is 6.92 Å². The Labute approximate surface area is 135 Å². The van der Waals surface area contributed by atoms with Crippen molar-refractivity contribution >= 4 is 6.09 Å². The summed E-state index contributed by atoms with van der Waals surface area (Å²) in [4.78, 5) is 23.1. The van der Waals surface area contributed by atoms with Gasteiger partial charge in [-0.05, 0) is 48.4 Å². The van der Waals surface area contributed by atoms with Crippen LogP contribution in [0.1, 0.15) is 49.1 Å². The summed E-state index contributed by atoms with van der Waals surface area (Å²) in [7, 11) is 0. The Morgan fingerprint density at radius 2 is 1.74 bits per heavy atom. The molecule has 1 fully saturated rings. The van der Waals surface area contributed by atoms with Crippen LogP contribution in [0.4, 0.5) is 4.79 Å². The molecule has 1 aromatic carbocycles. The predicted molar refractivity (Wildman–Crippen MR) is 90.1 cm³/mol. The number of carbonyl (C=O) groups is 1. The largest absolute Gasteiger partial charge is 0.464 e. The normalized spacial score (nSPS) is 15.5. The van der Waals surface area contributed by atoms with Crippen molar-refractivity contribution in [3.8, 4) is 11.1 Å². The Bertz CT molecular complexity index is 768. The van der Waals surface area contributed by atoms with Gasteiger partial charge in [0.15, 0.2) is 0 Å². The van der Waals surface area contributed by atoms with Crippen molar-refractivity contribution in [1.29, 1.82) is 0 Å². The number of carboxylic acid groups (broad SMARTS) is 1. The fourth-order valence-corrected chi connectivity index (χ4v) is 3.47. The minimum absolute atomic E-state index is 0.459. The summed E-state index contributed by atoms with van der Waals surface area (Å²) >= 11 is 0. The molecule has 120 valence electrons. The van der Waals surface area contributed by atoms with Gasteiger partial charge in [-0.2, -0.15) is 0 Å². The van der Waals surface area contributed by atoms with E-state index in [0.717, 1.165) is 15.7 Å². The molecule has 0 unspecified atom stereocenters. The maximum atomic E-state index is 12.1. The molecule has 4 nitrogen and oxygen atoms in total. The van der Waals surface area contributed by atoms with Crippen molar-refractivity contribution in [2.24, 2.45) is 0 Å². The first-order valence-corrected chi connectivity index (χ1v) is 8.14. The van der Waals surface area contributed by atoms with Crippen LogP contribution in [-0.2, 0) is 0 Å². The summed E-state index contributed by atoms with van der Waals surface area (Å²) in [5.74, 6) is 0.652. The molecule has 2 aromatic rings. The van der Waals surface area contributed by atoms with Gasteiger partial charge in [0.2, 0.25) is 0 Å². The summed E-state index contributed by atoms with van der Waals surface area (Å²) in [6, 6.07) is 10.1. The summed E-state index contributed by atoms with van der Waals surface area (Å²) < 4.78 is 0.717. The van der Waals surface area contributed by atoms with E-state index in [1.54, 1.807) is 13.0 Å². The zero-order chi connectivity index (χ0) is 16.4. The van der Waals surface area contributed by atoms with Crippen molar-refractivity contribution in [3.63, 3.8) is 0 Å². The molecule has 1 aliphatic rings. The topological polar surface area (TPSA) is 59.3 Å². The molecule has 1 saturated carbocycles. The van der Waals surface area contributed by atoms with E-state index in [2.05, 4.69) is 12.1 Å². The van der Waals surface area contributed by atoms with Crippen molar-refractivity contribution < 1.29 is 9.90 Å². The monoisotopic (exact) mass is 311 g/mol. The highest BCUT2D eigenvalue weighted by Gasteiger charge is 2.16. The minimum atomic E-state index is -1.25. The maximum Gasteiger partial charge on any atom is 0.418 e. The second-order valence-electron chi connectivity index (χ2n) is 6.27. The highest BCUT2D eigenvalue weighted by Crippen LogP contribution is 2.33. The molecule has 23 heavy (non-hydrogen) atoms. The second kappa shape index (κ2) is 6.41. The molecule has 4 heteroatoms. The molecule has 1 aliphatic carbocycles. The minimum Gasteiger partial charge on any atom is -0.464 e. The summed E-state index contributed by atoms with van der Waals surface area (Å²) in [6.45, 7) is 1.67. The lowest BCUT2D eigenvalue weighted by atomic mass is 9.83. The van der Waals surface area contributed by atoms with Crippen LogP contribution in [0.15, 0.2) is 41.3 Å². The zero-order valence-corrected chi connectivity index (χ0v) is 13.3. The third-order valence-electron chi connectivity index (χ3n) is 4.84. The van der Waals surface area contributed by atoms with E-state index in [-0.39, 0.29) is 0 Å². The van der Waals surface area contributed by atoms with Crippen molar-refractivity contribution in [2.75, 3.05) is 0 Å². The molecule has 1 N–H and O–H groups in total. The predicted octanol–water partition coefficient (Wildman–Crippen LogP) is 4.40. The highest BCUT2D eigenvalue weighted by molar-refractivity contribution is 5.72. The number of hydrogen-bond acceptors (Lipinski definition) is 2. The van der Waals surface area contributed by atoms with E-state index < -0.39 is 11.7 Å². The molecule has 0 radical (unpaired) electrons. The zero-order valence-electron chi connectivity index (χ0n) is 13.3. The summed E-state index contributed by atoms with van der Waals surface area (Å²) in [5, 5.41) is 9.00. The van der Waals surface area contributed by atoms with E-state index >= 15 is 0 Å². The first-order chi connectivity index (χ1) is 11.1. The average molecular weight is 311 g/mol.